The van der Waals surface area contributed by atoms with Gasteiger partial charge in [0.25, 0.3) is 0 Å². The minimum absolute atomic E-state index is 0.114. The fraction of sp³-hybridized carbons (Fsp3) is 0.348. The summed E-state index contributed by atoms with van der Waals surface area (Å²) in [7, 11) is 0.0400. The molecule has 160 valence electrons. The van der Waals surface area contributed by atoms with Crippen molar-refractivity contribution in [2.75, 3.05) is 29.8 Å². The SMILES string of the molecule is COc1ccccc1S(=O)Nc1noc2c1CC1(CC1)c1ccc(N3CC(O)C3)cc1-2. The number of β-amino-alcohol motifs (C(OH)–C–C–N with tert-alkyl or cyclic N) is 1. The zero-order valence-electron chi connectivity index (χ0n) is 17.1. The molecule has 2 heterocycles. The van der Waals surface area contributed by atoms with E-state index >= 15 is 0 Å². The van der Waals surface area contributed by atoms with Crippen molar-refractivity contribution < 1.29 is 18.6 Å². The van der Waals surface area contributed by atoms with Crippen molar-refractivity contribution >= 4 is 22.5 Å². The van der Waals surface area contributed by atoms with Crippen LogP contribution in [-0.2, 0) is 22.8 Å². The highest BCUT2D eigenvalue weighted by Gasteiger charge is 2.50. The number of methoxy groups -OCH3 is 1. The Morgan fingerprint density at radius 1 is 1.26 bits per heavy atom. The lowest BCUT2D eigenvalue weighted by Gasteiger charge is -2.38. The average Bonchev–Trinajstić information content (AvgIpc) is 3.43. The van der Waals surface area contributed by atoms with Gasteiger partial charge in [-0.1, -0.05) is 23.4 Å². The van der Waals surface area contributed by atoms with Crippen LogP contribution in [0.3, 0.4) is 0 Å². The summed E-state index contributed by atoms with van der Waals surface area (Å²) in [5, 5.41) is 13.9. The largest absolute Gasteiger partial charge is 0.495 e. The first-order valence-corrected chi connectivity index (χ1v) is 11.6. The number of aliphatic hydroxyl groups is 1. The van der Waals surface area contributed by atoms with Crippen molar-refractivity contribution in [3.05, 3.63) is 53.6 Å². The van der Waals surface area contributed by atoms with Crippen LogP contribution in [0.2, 0.25) is 0 Å². The van der Waals surface area contributed by atoms with Gasteiger partial charge < -0.3 is 19.3 Å². The number of aromatic nitrogens is 1. The average molecular weight is 438 g/mol. The zero-order chi connectivity index (χ0) is 21.2. The van der Waals surface area contributed by atoms with E-state index in [9.17, 15) is 9.32 Å². The molecule has 1 saturated heterocycles. The molecule has 2 fully saturated rings. The molecule has 31 heavy (non-hydrogen) atoms. The molecule has 0 amide bonds. The molecule has 1 aliphatic heterocycles. The minimum Gasteiger partial charge on any atom is -0.495 e. The molecule has 1 spiro atoms. The molecule has 3 aromatic rings. The molecule has 8 heteroatoms. The lowest BCUT2D eigenvalue weighted by Crippen LogP contribution is -2.50. The standard InChI is InChI=1S/C23H23N3O4S/c1-29-19-4-2-3-5-20(19)31(28)25-22-17-11-23(8-9-23)18-7-6-14(26-12-15(27)13-26)10-16(18)21(17)30-24-22/h2-7,10,15,27H,8-9,11-13H2,1H3,(H,24,25). The Balaban J connectivity index is 1.36. The number of hydrogen-bond acceptors (Lipinski definition) is 6. The molecule has 2 N–H and O–H groups in total. The van der Waals surface area contributed by atoms with Crippen molar-refractivity contribution in [2.24, 2.45) is 0 Å². The summed E-state index contributed by atoms with van der Waals surface area (Å²) in [6, 6.07) is 13.7. The molecular formula is C23H23N3O4S. The normalized spacial score (nSPS) is 19.4. The highest BCUT2D eigenvalue weighted by Crippen LogP contribution is 2.58. The summed E-state index contributed by atoms with van der Waals surface area (Å²) in [5.41, 5.74) is 4.54. The van der Waals surface area contributed by atoms with Gasteiger partial charge in [-0.3, -0.25) is 4.72 Å². The number of aliphatic hydroxyl groups excluding tert-OH is 1. The summed E-state index contributed by atoms with van der Waals surface area (Å²) >= 11 is 0. The Morgan fingerprint density at radius 3 is 2.81 bits per heavy atom. The number of para-hydroxylation sites is 1. The van der Waals surface area contributed by atoms with Crippen LogP contribution in [0.25, 0.3) is 11.3 Å². The van der Waals surface area contributed by atoms with E-state index in [4.69, 9.17) is 9.26 Å². The van der Waals surface area contributed by atoms with Gasteiger partial charge in [0, 0.05) is 35.3 Å². The third kappa shape index (κ3) is 2.96. The van der Waals surface area contributed by atoms with Crippen LogP contribution in [0.4, 0.5) is 11.5 Å². The second-order valence-corrected chi connectivity index (χ2v) is 9.79. The second-order valence-electron chi connectivity index (χ2n) is 8.61. The number of hydrogen-bond donors (Lipinski definition) is 2. The van der Waals surface area contributed by atoms with E-state index in [-0.39, 0.29) is 11.5 Å². The Hall–Kier alpha value is -2.84. The fourth-order valence-corrected chi connectivity index (χ4v) is 5.74. The Kier molecular flexibility index (Phi) is 4.16. The van der Waals surface area contributed by atoms with Gasteiger partial charge in [0.15, 0.2) is 22.6 Å². The minimum atomic E-state index is -1.53. The molecule has 3 aliphatic rings. The van der Waals surface area contributed by atoms with Crippen molar-refractivity contribution in [2.45, 2.75) is 35.7 Å². The fourth-order valence-electron chi connectivity index (χ4n) is 4.76. The van der Waals surface area contributed by atoms with E-state index in [0.717, 1.165) is 41.8 Å². The summed E-state index contributed by atoms with van der Waals surface area (Å²) in [5.74, 6) is 1.84. The number of anilines is 2. The number of fused-ring (bicyclic) bond motifs is 4. The molecule has 7 nitrogen and oxygen atoms in total. The highest BCUT2D eigenvalue weighted by molar-refractivity contribution is 7.86. The Morgan fingerprint density at radius 2 is 2.06 bits per heavy atom. The lowest BCUT2D eigenvalue weighted by atomic mass is 9.79. The lowest BCUT2D eigenvalue weighted by molar-refractivity contribution is 0.142. The molecule has 2 aliphatic carbocycles. The molecule has 1 saturated carbocycles. The first-order valence-electron chi connectivity index (χ1n) is 10.5. The Bertz CT molecular complexity index is 1200. The van der Waals surface area contributed by atoms with E-state index in [1.165, 1.54) is 5.56 Å². The van der Waals surface area contributed by atoms with Crippen LogP contribution in [0.15, 0.2) is 51.9 Å². The summed E-state index contributed by atoms with van der Waals surface area (Å²) in [6.07, 6.45) is 2.82. The van der Waals surface area contributed by atoms with Gasteiger partial charge in [-0.2, -0.15) is 0 Å². The summed E-state index contributed by atoms with van der Waals surface area (Å²) < 4.78 is 27.2. The number of ether oxygens (including phenoxy) is 1. The molecule has 6 rings (SSSR count). The molecule has 0 radical (unpaired) electrons. The van der Waals surface area contributed by atoms with Gasteiger partial charge in [-0.15, -0.1) is 0 Å². The van der Waals surface area contributed by atoms with Gasteiger partial charge in [0.1, 0.15) is 10.6 Å². The number of rotatable bonds is 5. The molecule has 1 atom stereocenters. The highest BCUT2D eigenvalue weighted by atomic mass is 32.2. The van der Waals surface area contributed by atoms with Crippen molar-refractivity contribution in [3.8, 4) is 17.1 Å². The maximum Gasteiger partial charge on any atom is 0.185 e. The van der Waals surface area contributed by atoms with Crippen LogP contribution < -0.4 is 14.4 Å². The second kappa shape index (κ2) is 6.83. The molecule has 2 aromatic carbocycles. The molecule has 1 unspecified atom stereocenters. The van der Waals surface area contributed by atoms with Crippen molar-refractivity contribution in [1.29, 1.82) is 0 Å². The van der Waals surface area contributed by atoms with Crippen LogP contribution in [-0.4, -0.2) is 40.8 Å². The van der Waals surface area contributed by atoms with Crippen LogP contribution >= 0.6 is 0 Å². The van der Waals surface area contributed by atoms with Gasteiger partial charge >= 0.3 is 0 Å². The third-order valence-corrected chi connectivity index (χ3v) is 7.78. The first-order chi connectivity index (χ1) is 15.1. The Labute approximate surface area is 182 Å². The number of benzene rings is 2. The zero-order valence-corrected chi connectivity index (χ0v) is 17.9. The predicted molar refractivity (Wildman–Crippen MR) is 118 cm³/mol. The monoisotopic (exact) mass is 437 g/mol. The first kappa shape index (κ1) is 18.9. The van der Waals surface area contributed by atoms with Gasteiger partial charge in [-0.05, 0) is 49.1 Å². The van der Waals surface area contributed by atoms with Gasteiger partial charge in [0.05, 0.1) is 13.2 Å². The van der Waals surface area contributed by atoms with Crippen molar-refractivity contribution in [3.63, 3.8) is 0 Å². The summed E-state index contributed by atoms with van der Waals surface area (Å²) in [6.45, 7) is 1.30. The van der Waals surface area contributed by atoms with Crippen LogP contribution in [0.1, 0.15) is 24.0 Å². The quantitative estimate of drug-likeness (QED) is 0.637. The summed E-state index contributed by atoms with van der Waals surface area (Å²) in [4.78, 5) is 2.73. The van der Waals surface area contributed by atoms with E-state index < -0.39 is 11.0 Å². The molecule has 0 bridgehead atoms. The molecular weight excluding hydrogens is 414 g/mol. The van der Waals surface area contributed by atoms with Crippen molar-refractivity contribution in [1.82, 2.24) is 5.16 Å². The number of nitrogens with one attached hydrogen (secondary N) is 1. The van der Waals surface area contributed by atoms with E-state index in [1.54, 1.807) is 19.2 Å². The van der Waals surface area contributed by atoms with Gasteiger partial charge in [-0.25, -0.2) is 4.21 Å². The number of nitrogens with zero attached hydrogens (tertiary/aromatic N) is 2. The smallest absolute Gasteiger partial charge is 0.185 e. The topological polar surface area (TPSA) is 87.8 Å². The van der Waals surface area contributed by atoms with Gasteiger partial charge in [0.2, 0.25) is 0 Å². The predicted octanol–water partition coefficient (Wildman–Crippen LogP) is 3.25. The van der Waals surface area contributed by atoms with E-state index in [1.807, 2.05) is 12.1 Å². The van der Waals surface area contributed by atoms with Crippen LogP contribution in [0, 0.1) is 0 Å². The van der Waals surface area contributed by atoms with E-state index in [0.29, 0.717) is 29.6 Å². The van der Waals surface area contributed by atoms with E-state index in [2.05, 4.69) is 33.0 Å². The maximum absolute atomic E-state index is 13.0. The maximum atomic E-state index is 13.0. The molecule has 1 aromatic heterocycles. The third-order valence-electron chi connectivity index (χ3n) is 6.66. The van der Waals surface area contributed by atoms with Crippen LogP contribution in [0.5, 0.6) is 5.75 Å².